The molecule has 10 nitrogen and oxygen atoms in total. The minimum atomic E-state index is -0.782. The smallest absolute Gasteiger partial charge is 0.338 e. The molecule has 0 spiro atoms. The summed E-state index contributed by atoms with van der Waals surface area (Å²) in [6.07, 6.45) is 0. The van der Waals surface area contributed by atoms with Gasteiger partial charge < -0.3 is 24.8 Å². The highest BCUT2D eigenvalue weighted by atomic mass is 16.5. The highest BCUT2D eigenvalue weighted by Gasteiger charge is 2.34. The van der Waals surface area contributed by atoms with Gasteiger partial charge in [-0.25, -0.2) is 9.59 Å². The number of fused-ring (bicyclic) bond motifs is 1. The van der Waals surface area contributed by atoms with Crippen molar-refractivity contribution in [2.24, 2.45) is 0 Å². The quantitative estimate of drug-likeness (QED) is 0.598. The molecule has 0 fully saturated rings. The van der Waals surface area contributed by atoms with Crippen LogP contribution in [-0.4, -0.2) is 50.2 Å². The third kappa shape index (κ3) is 4.85. The summed E-state index contributed by atoms with van der Waals surface area (Å²) in [4.78, 5) is 51.3. The molecule has 176 valence electrons. The molecule has 2 aromatic carbocycles. The van der Waals surface area contributed by atoms with Gasteiger partial charge in [0.1, 0.15) is 18.9 Å². The molecule has 0 aromatic heterocycles. The number of ether oxygens (including phenoxy) is 3. The van der Waals surface area contributed by atoms with Gasteiger partial charge in [0.25, 0.3) is 5.91 Å². The fourth-order valence-electron chi connectivity index (χ4n) is 3.73. The molecule has 2 heterocycles. The van der Waals surface area contributed by atoms with E-state index < -0.39 is 24.0 Å². The summed E-state index contributed by atoms with van der Waals surface area (Å²) in [6.45, 7) is 0.869. The van der Waals surface area contributed by atoms with Crippen molar-refractivity contribution in [3.63, 3.8) is 0 Å². The molecule has 2 N–H and O–H groups in total. The Kier molecular flexibility index (Phi) is 6.77. The summed E-state index contributed by atoms with van der Waals surface area (Å²) < 4.78 is 15.9. The maximum atomic E-state index is 12.8. The summed E-state index contributed by atoms with van der Waals surface area (Å²) in [5, 5.41) is 5.25. The second-order valence-corrected chi connectivity index (χ2v) is 7.45. The first-order chi connectivity index (χ1) is 16.5. The normalized spacial score (nSPS) is 17.2. The topological polar surface area (TPSA) is 123 Å². The zero-order valence-electron chi connectivity index (χ0n) is 18.4. The first kappa shape index (κ1) is 22.8. The molecule has 0 aliphatic carbocycles. The Balaban J connectivity index is 1.54. The second kappa shape index (κ2) is 10.1. The van der Waals surface area contributed by atoms with E-state index in [0.29, 0.717) is 17.0 Å². The summed E-state index contributed by atoms with van der Waals surface area (Å²) in [6, 6.07) is 14.4. The number of nitrogens with one attached hydrogen (secondary N) is 2. The minimum absolute atomic E-state index is 0.109. The number of benzene rings is 2. The number of hydrogen-bond donors (Lipinski definition) is 2. The maximum absolute atomic E-state index is 12.8. The van der Waals surface area contributed by atoms with Gasteiger partial charge in [-0.15, -0.1) is 0 Å². The van der Waals surface area contributed by atoms with E-state index in [1.54, 1.807) is 55.5 Å². The van der Waals surface area contributed by atoms with Gasteiger partial charge in [-0.2, -0.15) is 0 Å². The van der Waals surface area contributed by atoms with Crippen LogP contribution in [0.4, 0.5) is 10.5 Å². The Labute approximate surface area is 195 Å². The third-order valence-electron chi connectivity index (χ3n) is 5.25. The van der Waals surface area contributed by atoms with Gasteiger partial charge >= 0.3 is 18.0 Å². The van der Waals surface area contributed by atoms with E-state index in [1.807, 2.05) is 6.07 Å². The third-order valence-corrected chi connectivity index (χ3v) is 5.25. The summed E-state index contributed by atoms with van der Waals surface area (Å²) in [5.41, 5.74) is 1.37. The number of urea groups is 1. The number of rotatable bonds is 7. The van der Waals surface area contributed by atoms with E-state index in [9.17, 15) is 19.2 Å². The van der Waals surface area contributed by atoms with Crippen LogP contribution in [0.5, 0.6) is 5.75 Å². The Morgan fingerprint density at radius 2 is 1.79 bits per heavy atom. The number of carbonyl (C=O) groups excluding carboxylic acids is 4. The molecular weight excluding hydrogens is 442 g/mol. The average molecular weight is 465 g/mol. The van der Waals surface area contributed by atoms with Crippen molar-refractivity contribution >= 4 is 29.6 Å². The SMILES string of the molecule is CCOC(=O)C1=C(COC(=O)CN2C(=O)COc3ccccc32)NC(=O)NC1c1ccccc1. The van der Waals surface area contributed by atoms with Crippen LogP contribution in [0.25, 0.3) is 0 Å². The average Bonchev–Trinajstić information content (AvgIpc) is 2.84. The molecule has 4 rings (SSSR count). The molecule has 0 saturated carbocycles. The lowest BCUT2D eigenvalue weighted by Crippen LogP contribution is -2.47. The van der Waals surface area contributed by atoms with Crippen molar-refractivity contribution < 1.29 is 33.4 Å². The fraction of sp³-hybridized carbons (Fsp3) is 0.250. The van der Waals surface area contributed by atoms with Crippen LogP contribution >= 0.6 is 0 Å². The van der Waals surface area contributed by atoms with Crippen molar-refractivity contribution in [2.75, 3.05) is 31.3 Å². The molecule has 0 saturated heterocycles. The lowest BCUT2D eigenvalue weighted by Gasteiger charge is -2.30. The number of hydrogen-bond acceptors (Lipinski definition) is 7. The van der Waals surface area contributed by atoms with E-state index in [4.69, 9.17) is 14.2 Å². The van der Waals surface area contributed by atoms with E-state index >= 15 is 0 Å². The summed E-state index contributed by atoms with van der Waals surface area (Å²) in [7, 11) is 0. The van der Waals surface area contributed by atoms with Crippen molar-refractivity contribution in [1.29, 1.82) is 0 Å². The van der Waals surface area contributed by atoms with E-state index in [0.717, 1.165) is 0 Å². The molecule has 2 aliphatic heterocycles. The molecule has 1 unspecified atom stereocenters. The molecule has 2 aromatic rings. The molecule has 10 heteroatoms. The van der Waals surface area contributed by atoms with Crippen LogP contribution in [0.1, 0.15) is 18.5 Å². The molecule has 34 heavy (non-hydrogen) atoms. The van der Waals surface area contributed by atoms with Crippen molar-refractivity contribution in [3.05, 3.63) is 71.4 Å². The van der Waals surface area contributed by atoms with Crippen LogP contribution in [0.3, 0.4) is 0 Å². The molecule has 2 aliphatic rings. The van der Waals surface area contributed by atoms with E-state index in [2.05, 4.69) is 10.6 Å². The van der Waals surface area contributed by atoms with Crippen LogP contribution in [0.15, 0.2) is 65.9 Å². The number of amides is 3. The Morgan fingerprint density at radius 3 is 2.56 bits per heavy atom. The van der Waals surface area contributed by atoms with E-state index in [-0.39, 0.29) is 43.5 Å². The first-order valence-electron chi connectivity index (χ1n) is 10.7. The lowest BCUT2D eigenvalue weighted by atomic mass is 9.95. The summed E-state index contributed by atoms with van der Waals surface area (Å²) >= 11 is 0. The lowest BCUT2D eigenvalue weighted by molar-refractivity contribution is -0.143. The Morgan fingerprint density at radius 1 is 1.06 bits per heavy atom. The number of carbonyl (C=O) groups is 4. The predicted molar refractivity (Wildman–Crippen MR) is 120 cm³/mol. The largest absolute Gasteiger partial charge is 0.482 e. The minimum Gasteiger partial charge on any atom is -0.482 e. The Hall–Kier alpha value is -4.34. The van der Waals surface area contributed by atoms with Gasteiger partial charge in [0.05, 0.1) is 29.6 Å². The number of esters is 2. The van der Waals surface area contributed by atoms with Crippen LogP contribution in [-0.2, 0) is 23.9 Å². The van der Waals surface area contributed by atoms with Gasteiger partial charge in [-0.1, -0.05) is 42.5 Å². The van der Waals surface area contributed by atoms with Gasteiger partial charge in [-0.3, -0.25) is 14.5 Å². The van der Waals surface area contributed by atoms with Crippen LogP contribution < -0.4 is 20.3 Å². The molecule has 3 amide bonds. The zero-order valence-corrected chi connectivity index (χ0v) is 18.4. The standard InChI is InChI=1S/C24H23N3O7/c1-2-32-23(30)21-16(25-24(31)26-22(21)15-8-4-3-5-9-15)13-34-20(29)12-27-17-10-6-7-11-18(17)33-14-19(27)28/h3-11,22H,2,12-14H2,1H3,(H2,25,26,31). The first-order valence-corrected chi connectivity index (χ1v) is 10.7. The molecule has 0 radical (unpaired) electrons. The number of nitrogens with zero attached hydrogens (tertiary/aromatic N) is 1. The van der Waals surface area contributed by atoms with Crippen molar-refractivity contribution in [3.8, 4) is 5.75 Å². The van der Waals surface area contributed by atoms with E-state index in [1.165, 1.54) is 4.90 Å². The number of anilines is 1. The molecule has 0 bridgehead atoms. The molecular formula is C24H23N3O7. The van der Waals surface area contributed by atoms with Crippen LogP contribution in [0.2, 0.25) is 0 Å². The second-order valence-electron chi connectivity index (χ2n) is 7.45. The van der Waals surface area contributed by atoms with Gasteiger partial charge in [-0.05, 0) is 24.6 Å². The zero-order chi connectivity index (χ0) is 24.1. The van der Waals surface area contributed by atoms with Gasteiger partial charge in [0, 0.05) is 0 Å². The Bertz CT molecular complexity index is 1150. The summed E-state index contributed by atoms with van der Waals surface area (Å²) in [5.74, 6) is -1.27. The maximum Gasteiger partial charge on any atom is 0.338 e. The predicted octanol–water partition coefficient (Wildman–Crippen LogP) is 1.83. The van der Waals surface area contributed by atoms with Crippen molar-refractivity contribution in [1.82, 2.24) is 10.6 Å². The highest BCUT2D eigenvalue weighted by Crippen LogP contribution is 2.31. The van der Waals surface area contributed by atoms with Gasteiger partial charge in [0.15, 0.2) is 6.61 Å². The monoisotopic (exact) mass is 465 g/mol. The van der Waals surface area contributed by atoms with Gasteiger partial charge in [0.2, 0.25) is 0 Å². The highest BCUT2D eigenvalue weighted by molar-refractivity contribution is 6.01. The van der Waals surface area contributed by atoms with Crippen LogP contribution in [0, 0.1) is 0 Å². The number of para-hydroxylation sites is 2. The fourth-order valence-corrected chi connectivity index (χ4v) is 3.73. The molecule has 1 atom stereocenters. The van der Waals surface area contributed by atoms with Crippen molar-refractivity contribution in [2.45, 2.75) is 13.0 Å².